The molecule has 0 fully saturated rings. The van der Waals surface area contributed by atoms with Gasteiger partial charge < -0.3 is 0 Å². The second kappa shape index (κ2) is 4.50. The number of imidazole rings is 1. The molecule has 0 aliphatic rings. The van der Waals surface area contributed by atoms with E-state index in [2.05, 4.69) is 37.0 Å². The van der Waals surface area contributed by atoms with Crippen molar-refractivity contribution >= 4 is 5.65 Å². The number of nitriles is 1. The molecule has 3 heteroatoms. The van der Waals surface area contributed by atoms with Crippen LogP contribution in [-0.2, 0) is 0 Å². The molecule has 0 unspecified atom stereocenters. The molecule has 0 saturated heterocycles. The normalized spacial score (nSPS) is 10.7. The number of rotatable bonds is 1. The molecule has 0 N–H and O–H groups in total. The maximum atomic E-state index is 9.50. The zero-order valence-corrected chi connectivity index (χ0v) is 11.8. The summed E-state index contributed by atoms with van der Waals surface area (Å²) in [6.07, 6.45) is 0. The first-order chi connectivity index (χ1) is 9.61. The summed E-state index contributed by atoms with van der Waals surface area (Å²) >= 11 is 0. The number of hydrogen-bond acceptors (Lipinski definition) is 2. The molecule has 0 radical (unpaired) electrons. The highest BCUT2D eigenvalue weighted by Gasteiger charge is 2.15. The predicted molar refractivity (Wildman–Crippen MR) is 79.6 cm³/mol. The van der Waals surface area contributed by atoms with E-state index < -0.39 is 0 Å². The summed E-state index contributed by atoms with van der Waals surface area (Å²) < 4.78 is 1.91. The van der Waals surface area contributed by atoms with Crippen molar-refractivity contribution in [2.75, 3.05) is 0 Å². The van der Waals surface area contributed by atoms with E-state index >= 15 is 0 Å². The van der Waals surface area contributed by atoms with Crippen LogP contribution in [0.25, 0.3) is 16.9 Å². The van der Waals surface area contributed by atoms with Crippen molar-refractivity contribution in [2.24, 2.45) is 0 Å². The Balaban J connectivity index is 2.34. The zero-order valence-electron chi connectivity index (χ0n) is 11.8. The van der Waals surface area contributed by atoms with Crippen molar-refractivity contribution in [3.63, 3.8) is 0 Å². The molecule has 3 rings (SSSR count). The van der Waals surface area contributed by atoms with Gasteiger partial charge in [-0.1, -0.05) is 18.2 Å². The molecule has 0 bridgehead atoms. The van der Waals surface area contributed by atoms with Crippen molar-refractivity contribution in [2.45, 2.75) is 20.8 Å². The van der Waals surface area contributed by atoms with Crippen LogP contribution in [0.4, 0.5) is 0 Å². The first-order valence-electron chi connectivity index (χ1n) is 6.57. The monoisotopic (exact) mass is 261 g/mol. The summed E-state index contributed by atoms with van der Waals surface area (Å²) in [5.74, 6) is 0. The first kappa shape index (κ1) is 12.4. The molecule has 0 spiro atoms. The topological polar surface area (TPSA) is 41.1 Å². The number of aryl methyl sites for hydroxylation is 3. The number of hydrogen-bond donors (Lipinski definition) is 0. The fraction of sp³-hybridized carbons (Fsp3) is 0.176. The van der Waals surface area contributed by atoms with E-state index in [1.807, 2.05) is 35.6 Å². The Morgan fingerprint density at radius 2 is 1.85 bits per heavy atom. The van der Waals surface area contributed by atoms with Crippen molar-refractivity contribution < 1.29 is 0 Å². The Kier molecular flexibility index (Phi) is 2.80. The van der Waals surface area contributed by atoms with E-state index in [0.717, 1.165) is 22.6 Å². The summed E-state index contributed by atoms with van der Waals surface area (Å²) in [6, 6.07) is 14.4. The minimum Gasteiger partial charge on any atom is -0.288 e. The second-order valence-electron chi connectivity index (χ2n) is 5.08. The highest BCUT2D eigenvalue weighted by atomic mass is 15.0. The van der Waals surface area contributed by atoms with E-state index in [4.69, 9.17) is 0 Å². The van der Waals surface area contributed by atoms with Gasteiger partial charge in [-0.05, 0) is 50.1 Å². The van der Waals surface area contributed by atoms with Gasteiger partial charge in [0, 0.05) is 11.3 Å². The lowest BCUT2D eigenvalue weighted by Crippen LogP contribution is -1.93. The maximum Gasteiger partial charge on any atom is 0.152 e. The van der Waals surface area contributed by atoms with Gasteiger partial charge in [0.2, 0.25) is 0 Å². The lowest BCUT2D eigenvalue weighted by Gasteiger charge is -2.03. The lowest BCUT2D eigenvalue weighted by atomic mass is 10.0. The van der Waals surface area contributed by atoms with Crippen LogP contribution in [-0.4, -0.2) is 9.38 Å². The van der Waals surface area contributed by atoms with Crippen LogP contribution in [0.3, 0.4) is 0 Å². The fourth-order valence-corrected chi connectivity index (χ4v) is 2.45. The van der Waals surface area contributed by atoms with Crippen LogP contribution in [0.5, 0.6) is 0 Å². The number of aromatic nitrogens is 2. The largest absolute Gasteiger partial charge is 0.288 e. The predicted octanol–water partition coefficient (Wildman–Crippen LogP) is 3.80. The molecule has 2 heterocycles. The van der Waals surface area contributed by atoms with Crippen molar-refractivity contribution in [3.05, 3.63) is 58.9 Å². The Hall–Kier alpha value is -2.60. The molecule has 3 nitrogen and oxygen atoms in total. The highest BCUT2D eigenvalue weighted by Crippen LogP contribution is 2.26. The molecular formula is C17H15N3. The van der Waals surface area contributed by atoms with E-state index in [0.29, 0.717) is 5.69 Å². The van der Waals surface area contributed by atoms with Gasteiger partial charge >= 0.3 is 0 Å². The third kappa shape index (κ3) is 1.78. The summed E-state index contributed by atoms with van der Waals surface area (Å²) in [6.45, 7) is 6.14. The molecule has 0 atom stereocenters. The molecule has 1 aromatic carbocycles. The second-order valence-corrected chi connectivity index (χ2v) is 5.08. The molecule has 0 aliphatic heterocycles. The number of pyridine rings is 1. The Morgan fingerprint density at radius 3 is 2.55 bits per heavy atom. The molecule has 2 aromatic heterocycles. The summed E-state index contributed by atoms with van der Waals surface area (Å²) in [7, 11) is 0. The van der Waals surface area contributed by atoms with Crippen molar-refractivity contribution in [1.29, 1.82) is 5.26 Å². The molecule has 3 aromatic rings. The third-order valence-electron chi connectivity index (χ3n) is 3.73. The summed E-state index contributed by atoms with van der Waals surface area (Å²) in [5, 5.41) is 9.50. The molecule has 0 saturated carbocycles. The van der Waals surface area contributed by atoms with Crippen LogP contribution in [0.15, 0.2) is 36.4 Å². The van der Waals surface area contributed by atoms with E-state index in [1.54, 1.807) is 0 Å². The van der Waals surface area contributed by atoms with Crippen LogP contribution in [0.2, 0.25) is 0 Å². The number of benzene rings is 1. The maximum absolute atomic E-state index is 9.50. The van der Waals surface area contributed by atoms with Gasteiger partial charge in [-0.25, -0.2) is 4.98 Å². The molecule has 98 valence electrons. The Labute approximate surface area is 118 Å². The van der Waals surface area contributed by atoms with E-state index in [9.17, 15) is 5.26 Å². The van der Waals surface area contributed by atoms with Gasteiger partial charge in [-0.3, -0.25) is 4.40 Å². The van der Waals surface area contributed by atoms with E-state index in [-0.39, 0.29) is 0 Å². The smallest absolute Gasteiger partial charge is 0.152 e. The minimum absolute atomic E-state index is 0.598. The Bertz CT molecular complexity index is 851. The molecule has 20 heavy (non-hydrogen) atoms. The van der Waals surface area contributed by atoms with Crippen molar-refractivity contribution in [3.8, 4) is 17.3 Å². The fourth-order valence-electron chi connectivity index (χ4n) is 2.45. The summed E-state index contributed by atoms with van der Waals surface area (Å²) in [4.78, 5) is 4.63. The average Bonchev–Trinajstić information content (AvgIpc) is 2.82. The van der Waals surface area contributed by atoms with E-state index in [1.165, 1.54) is 11.1 Å². The molecular weight excluding hydrogens is 246 g/mol. The standard InChI is InChI=1S/C17H15N3/c1-11-7-8-14(9-12(11)2)17-15(10-18)20-13(3)5-4-6-16(20)19-17/h4-9H,1-3H3. The van der Waals surface area contributed by atoms with Gasteiger partial charge in [0.15, 0.2) is 5.69 Å². The zero-order chi connectivity index (χ0) is 14.3. The van der Waals surface area contributed by atoms with Crippen LogP contribution in [0, 0.1) is 32.1 Å². The first-order valence-corrected chi connectivity index (χ1v) is 6.57. The Morgan fingerprint density at radius 1 is 1.05 bits per heavy atom. The molecule has 0 aliphatic carbocycles. The van der Waals surface area contributed by atoms with Gasteiger partial charge in [0.1, 0.15) is 17.4 Å². The highest BCUT2D eigenvalue weighted by molar-refractivity contribution is 5.70. The van der Waals surface area contributed by atoms with Gasteiger partial charge in [-0.2, -0.15) is 5.26 Å². The number of nitrogens with zero attached hydrogens (tertiary/aromatic N) is 3. The third-order valence-corrected chi connectivity index (χ3v) is 3.73. The van der Waals surface area contributed by atoms with Crippen LogP contribution in [0.1, 0.15) is 22.5 Å². The van der Waals surface area contributed by atoms with Crippen molar-refractivity contribution in [1.82, 2.24) is 9.38 Å². The SMILES string of the molecule is Cc1ccc(-c2nc3cccc(C)n3c2C#N)cc1C. The van der Waals surface area contributed by atoms with Gasteiger partial charge in [0.25, 0.3) is 0 Å². The number of fused-ring (bicyclic) bond motifs is 1. The lowest BCUT2D eigenvalue weighted by molar-refractivity contribution is 1.07. The van der Waals surface area contributed by atoms with Crippen LogP contribution >= 0.6 is 0 Å². The van der Waals surface area contributed by atoms with Gasteiger partial charge in [-0.15, -0.1) is 0 Å². The van der Waals surface area contributed by atoms with Gasteiger partial charge in [0.05, 0.1) is 0 Å². The van der Waals surface area contributed by atoms with Crippen LogP contribution < -0.4 is 0 Å². The summed E-state index contributed by atoms with van der Waals surface area (Å²) in [5.41, 5.74) is 6.63. The molecule has 0 amide bonds. The average molecular weight is 261 g/mol. The quantitative estimate of drug-likeness (QED) is 0.668. The minimum atomic E-state index is 0.598.